The van der Waals surface area contributed by atoms with Gasteiger partial charge in [-0.2, -0.15) is 4.98 Å². The van der Waals surface area contributed by atoms with Gasteiger partial charge in [0.25, 0.3) is 0 Å². The van der Waals surface area contributed by atoms with Crippen molar-refractivity contribution in [3.63, 3.8) is 0 Å². The van der Waals surface area contributed by atoms with Crippen LogP contribution in [0.15, 0.2) is 84.0 Å². The summed E-state index contributed by atoms with van der Waals surface area (Å²) in [5.74, 6) is -0.0454. The number of methoxy groups -OCH3 is 1. The molecule has 1 amide bonds. The summed E-state index contributed by atoms with van der Waals surface area (Å²) in [5, 5.41) is 10.3. The first-order valence-electron chi connectivity index (χ1n) is 12.1. The number of sulfone groups is 1. The lowest BCUT2D eigenvalue weighted by Crippen LogP contribution is -2.19. The number of carbonyl (C=O) groups excluding carboxylic acids is 1. The number of halogens is 1. The number of pyridine rings is 2. The van der Waals surface area contributed by atoms with Crippen LogP contribution in [0.3, 0.4) is 0 Å². The van der Waals surface area contributed by atoms with Crippen LogP contribution in [0.5, 0.6) is 5.75 Å². The molecule has 0 bridgehead atoms. The Morgan fingerprint density at radius 2 is 1.77 bits per heavy atom. The number of nitrogens with zero attached hydrogens (tertiary/aromatic N) is 4. The van der Waals surface area contributed by atoms with Crippen molar-refractivity contribution < 1.29 is 22.3 Å². The largest absolute Gasteiger partial charge is 0.495 e. The fourth-order valence-corrected chi connectivity index (χ4v) is 4.64. The fraction of sp³-hybridized carbons (Fsp3) is 0.143. The van der Waals surface area contributed by atoms with E-state index in [1.807, 2.05) is 12.1 Å². The topological polar surface area (TPSA) is 128 Å². The molecule has 12 heteroatoms. The molecule has 0 saturated carbocycles. The summed E-state index contributed by atoms with van der Waals surface area (Å²) in [7, 11) is -1.93. The highest BCUT2D eigenvalue weighted by molar-refractivity contribution is 7.90. The number of nitrogens with one attached hydrogen (secondary N) is 2. The zero-order chi connectivity index (χ0) is 28.4. The average molecular weight is 561 g/mol. The number of aromatic nitrogens is 4. The van der Waals surface area contributed by atoms with Crippen LogP contribution in [0.2, 0.25) is 0 Å². The number of carbonyl (C=O) groups is 1. The predicted octanol–water partition coefficient (Wildman–Crippen LogP) is 4.83. The molecule has 1 atom stereocenters. The summed E-state index contributed by atoms with van der Waals surface area (Å²) in [5.41, 5.74) is 3.43. The van der Waals surface area contributed by atoms with Crippen molar-refractivity contribution in [3.05, 3.63) is 90.5 Å². The van der Waals surface area contributed by atoms with E-state index in [1.165, 1.54) is 31.4 Å². The number of rotatable bonds is 8. The molecule has 3 heterocycles. The molecule has 0 unspecified atom stereocenters. The standard InChI is InChI=1S/C28H25FN6O4S/c1-17(18-4-8-21(29)9-5-18)27(36)32-25-12-6-19(15-30-25)20-7-13-26-33-28(34-35(26)16-20)31-23-11-10-22(40(3,37)38)14-24(23)39-2/h4-17H,1-3H3,(H,31,34)(H,30,32,36)/t17-/m1/s1. The van der Waals surface area contributed by atoms with Gasteiger partial charge in [-0.3, -0.25) is 4.79 Å². The molecule has 5 rings (SSSR count). The van der Waals surface area contributed by atoms with Gasteiger partial charge in [0.15, 0.2) is 15.5 Å². The number of hydrogen-bond acceptors (Lipinski definition) is 8. The first kappa shape index (κ1) is 26.8. The summed E-state index contributed by atoms with van der Waals surface area (Å²) < 4.78 is 43.8. The van der Waals surface area contributed by atoms with E-state index in [2.05, 4.69) is 25.7 Å². The molecule has 204 valence electrons. The van der Waals surface area contributed by atoms with Crippen LogP contribution < -0.4 is 15.4 Å². The zero-order valence-electron chi connectivity index (χ0n) is 21.8. The van der Waals surface area contributed by atoms with Crippen molar-refractivity contribution in [1.29, 1.82) is 0 Å². The number of amides is 1. The van der Waals surface area contributed by atoms with Crippen LogP contribution in [0.1, 0.15) is 18.4 Å². The Morgan fingerprint density at radius 1 is 1.02 bits per heavy atom. The Labute approximate surface area is 229 Å². The number of anilines is 3. The van der Waals surface area contributed by atoms with E-state index in [-0.39, 0.29) is 16.6 Å². The Morgan fingerprint density at radius 3 is 2.45 bits per heavy atom. The highest BCUT2D eigenvalue weighted by Gasteiger charge is 2.17. The minimum atomic E-state index is -3.38. The lowest BCUT2D eigenvalue weighted by molar-refractivity contribution is -0.117. The second-order valence-corrected chi connectivity index (χ2v) is 11.1. The van der Waals surface area contributed by atoms with E-state index in [0.29, 0.717) is 34.4 Å². The molecular weight excluding hydrogens is 535 g/mol. The zero-order valence-corrected chi connectivity index (χ0v) is 22.6. The molecular formula is C28H25FN6O4S. The monoisotopic (exact) mass is 560 g/mol. The van der Waals surface area contributed by atoms with Gasteiger partial charge in [-0.05, 0) is 61.0 Å². The lowest BCUT2D eigenvalue weighted by Gasteiger charge is -2.12. The molecule has 0 radical (unpaired) electrons. The van der Waals surface area contributed by atoms with Crippen molar-refractivity contribution in [3.8, 4) is 16.9 Å². The van der Waals surface area contributed by atoms with Crippen molar-refractivity contribution in [2.75, 3.05) is 24.0 Å². The van der Waals surface area contributed by atoms with Crippen LogP contribution in [-0.2, 0) is 14.6 Å². The van der Waals surface area contributed by atoms with E-state index in [9.17, 15) is 17.6 Å². The van der Waals surface area contributed by atoms with Crippen LogP contribution in [0.25, 0.3) is 16.8 Å². The minimum Gasteiger partial charge on any atom is -0.495 e. The molecule has 0 spiro atoms. The number of benzene rings is 2. The van der Waals surface area contributed by atoms with Crippen LogP contribution in [-0.4, -0.2) is 47.3 Å². The quantitative estimate of drug-likeness (QED) is 0.276. The van der Waals surface area contributed by atoms with Gasteiger partial charge in [0.2, 0.25) is 11.9 Å². The van der Waals surface area contributed by atoms with Crippen molar-refractivity contribution in [1.82, 2.24) is 19.6 Å². The third-order valence-electron chi connectivity index (χ3n) is 6.29. The fourth-order valence-electron chi connectivity index (χ4n) is 4.01. The van der Waals surface area contributed by atoms with Crippen molar-refractivity contribution >= 4 is 38.8 Å². The second kappa shape index (κ2) is 10.7. The van der Waals surface area contributed by atoms with Gasteiger partial charge in [-0.1, -0.05) is 12.1 Å². The molecule has 2 aromatic carbocycles. The maximum atomic E-state index is 13.2. The van der Waals surface area contributed by atoms with Crippen LogP contribution >= 0.6 is 0 Å². The SMILES string of the molecule is COc1cc(S(C)(=O)=O)ccc1Nc1nc2ccc(-c3ccc(NC(=O)[C@H](C)c4ccc(F)cc4)nc3)cn2n1. The Kier molecular flexibility index (Phi) is 7.18. The third kappa shape index (κ3) is 5.76. The predicted molar refractivity (Wildman–Crippen MR) is 149 cm³/mol. The van der Waals surface area contributed by atoms with Gasteiger partial charge < -0.3 is 15.4 Å². The van der Waals surface area contributed by atoms with E-state index >= 15 is 0 Å². The smallest absolute Gasteiger partial charge is 0.247 e. The normalized spacial score (nSPS) is 12.2. The summed E-state index contributed by atoms with van der Waals surface area (Å²) >= 11 is 0. The molecule has 40 heavy (non-hydrogen) atoms. The Hall–Kier alpha value is -4.84. The maximum absolute atomic E-state index is 13.2. The second-order valence-electron chi connectivity index (χ2n) is 9.11. The molecule has 3 aromatic heterocycles. The molecule has 0 saturated heterocycles. The lowest BCUT2D eigenvalue weighted by atomic mass is 10.0. The summed E-state index contributed by atoms with van der Waals surface area (Å²) in [6, 6.07) is 17.6. The van der Waals surface area contributed by atoms with E-state index in [4.69, 9.17) is 4.74 Å². The van der Waals surface area contributed by atoms with E-state index in [1.54, 1.807) is 54.2 Å². The van der Waals surface area contributed by atoms with Crippen LogP contribution in [0.4, 0.5) is 21.8 Å². The maximum Gasteiger partial charge on any atom is 0.247 e. The van der Waals surface area contributed by atoms with Crippen LogP contribution in [0, 0.1) is 5.82 Å². The van der Waals surface area contributed by atoms with Gasteiger partial charge in [0.05, 0.1) is 23.6 Å². The molecule has 5 aromatic rings. The van der Waals surface area contributed by atoms with Gasteiger partial charge in [0.1, 0.15) is 17.4 Å². The van der Waals surface area contributed by atoms with E-state index < -0.39 is 15.8 Å². The first-order chi connectivity index (χ1) is 19.1. The molecule has 2 N–H and O–H groups in total. The number of ether oxygens (including phenoxy) is 1. The third-order valence-corrected chi connectivity index (χ3v) is 7.40. The van der Waals surface area contributed by atoms with E-state index in [0.717, 1.165) is 17.4 Å². The highest BCUT2D eigenvalue weighted by Crippen LogP contribution is 2.30. The van der Waals surface area contributed by atoms with Gasteiger partial charge in [0, 0.05) is 35.8 Å². The number of hydrogen-bond donors (Lipinski definition) is 2. The molecule has 0 aliphatic carbocycles. The van der Waals surface area contributed by atoms with Gasteiger partial charge in [-0.25, -0.2) is 22.3 Å². The molecule has 10 nitrogen and oxygen atoms in total. The molecule has 0 aliphatic rings. The summed E-state index contributed by atoms with van der Waals surface area (Å²) in [6.45, 7) is 1.74. The number of fused-ring (bicyclic) bond motifs is 1. The summed E-state index contributed by atoms with van der Waals surface area (Å²) in [4.78, 5) is 21.6. The summed E-state index contributed by atoms with van der Waals surface area (Å²) in [6.07, 6.45) is 4.57. The minimum absolute atomic E-state index is 0.143. The molecule has 0 aliphatic heterocycles. The average Bonchev–Trinajstić information content (AvgIpc) is 3.34. The molecule has 0 fully saturated rings. The first-order valence-corrected chi connectivity index (χ1v) is 14.0. The Balaban J connectivity index is 1.30. The van der Waals surface area contributed by atoms with Crippen molar-refractivity contribution in [2.45, 2.75) is 17.7 Å². The van der Waals surface area contributed by atoms with Gasteiger partial charge in [-0.15, -0.1) is 5.10 Å². The Bertz CT molecular complexity index is 1810. The van der Waals surface area contributed by atoms with Crippen molar-refractivity contribution in [2.24, 2.45) is 0 Å². The highest BCUT2D eigenvalue weighted by atomic mass is 32.2. The van der Waals surface area contributed by atoms with Gasteiger partial charge >= 0.3 is 0 Å².